The zero-order valence-corrected chi connectivity index (χ0v) is 11.0. The Morgan fingerprint density at radius 1 is 1.05 bits per heavy atom. The van der Waals surface area contributed by atoms with Crippen LogP contribution in [0.25, 0.3) is 0 Å². The van der Waals surface area contributed by atoms with Gasteiger partial charge in [-0.3, -0.25) is 0 Å². The number of hydrogen-bond donors (Lipinski definition) is 2. The van der Waals surface area contributed by atoms with Gasteiger partial charge in [-0.2, -0.15) is 13.2 Å². The van der Waals surface area contributed by atoms with Crippen molar-refractivity contribution >= 4 is 17.3 Å². The lowest BCUT2D eigenvalue weighted by Crippen LogP contribution is -2.07. The number of benzene rings is 2. The lowest BCUT2D eigenvalue weighted by Gasteiger charge is -2.12. The zero-order valence-electron chi connectivity index (χ0n) is 10.2. The predicted molar refractivity (Wildman–Crippen MR) is 71.9 cm³/mol. The number of phenols is 1. The maximum atomic E-state index is 12.6. The summed E-state index contributed by atoms with van der Waals surface area (Å²) >= 11 is 5.87. The minimum atomic E-state index is -4.40. The molecule has 2 N–H and O–H groups in total. The van der Waals surface area contributed by atoms with Crippen LogP contribution in [0.4, 0.5) is 18.9 Å². The molecule has 0 saturated heterocycles. The van der Waals surface area contributed by atoms with Crippen molar-refractivity contribution in [1.29, 1.82) is 0 Å². The van der Waals surface area contributed by atoms with Crippen molar-refractivity contribution < 1.29 is 18.3 Å². The molecule has 0 atom stereocenters. The highest BCUT2D eigenvalue weighted by Gasteiger charge is 2.30. The number of aromatic hydroxyl groups is 1. The molecule has 20 heavy (non-hydrogen) atoms. The van der Waals surface area contributed by atoms with E-state index in [4.69, 9.17) is 16.7 Å². The standard InChI is InChI=1S/C14H11ClF3NO/c15-12-6-3-10(14(16,17)18)7-13(12)19-8-9-1-4-11(20)5-2-9/h1-7,19-20H,8H2. The van der Waals surface area contributed by atoms with Crippen LogP contribution >= 0.6 is 11.6 Å². The van der Waals surface area contributed by atoms with E-state index in [9.17, 15) is 13.2 Å². The first kappa shape index (κ1) is 14.5. The van der Waals surface area contributed by atoms with Crippen LogP contribution in [-0.4, -0.2) is 5.11 Å². The van der Waals surface area contributed by atoms with Crippen molar-refractivity contribution in [3.63, 3.8) is 0 Å². The molecule has 0 bridgehead atoms. The molecule has 2 aromatic rings. The lowest BCUT2D eigenvalue weighted by molar-refractivity contribution is -0.137. The van der Waals surface area contributed by atoms with Crippen LogP contribution in [0.1, 0.15) is 11.1 Å². The summed E-state index contributed by atoms with van der Waals surface area (Å²) in [4.78, 5) is 0. The van der Waals surface area contributed by atoms with Crippen molar-refractivity contribution in [2.75, 3.05) is 5.32 Å². The highest BCUT2D eigenvalue weighted by molar-refractivity contribution is 6.33. The topological polar surface area (TPSA) is 32.3 Å². The Bertz CT molecular complexity index is 596. The number of nitrogens with one attached hydrogen (secondary N) is 1. The maximum absolute atomic E-state index is 12.6. The third kappa shape index (κ3) is 3.57. The van der Waals surface area contributed by atoms with Gasteiger partial charge in [0.25, 0.3) is 0 Å². The van der Waals surface area contributed by atoms with Gasteiger partial charge >= 0.3 is 6.18 Å². The van der Waals surface area contributed by atoms with Crippen LogP contribution in [0.15, 0.2) is 42.5 Å². The van der Waals surface area contributed by atoms with Gasteiger partial charge in [0.1, 0.15) is 5.75 Å². The summed E-state index contributed by atoms with van der Waals surface area (Å²) in [7, 11) is 0. The summed E-state index contributed by atoms with van der Waals surface area (Å²) in [6, 6.07) is 9.48. The van der Waals surface area contributed by atoms with E-state index in [2.05, 4.69) is 5.32 Å². The molecule has 0 aliphatic rings. The number of rotatable bonds is 3. The molecule has 0 unspecified atom stereocenters. The molecule has 0 aliphatic carbocycles. The molecule has 0 aliphatic heterocycles. The summed E-state index contributed by atoms with van der Waals surface area (Å²) < 4.78 is 37.8. The Kier molecular flexibility index (Phi) is 4.09. The smallest absolute Gasteiger partial charge is 0.416 e. The van der Waals surface area contributed by atoms with E-state index in [0.717, 1.165) is 17.7 Å². The summed E-state index contributed by atoms with van der Waals surface area (Å²) in [6.07, 6.45) is -4.40. The Morgan fingerprint density at radius 3 is 2.30 bits per heavy atom. The van der Waals surface area contributed by atoms with Crippen LogP contribution in [-0.2, 0) is 12.7 Å². The third-order valence-electron chi connectivity index (χ3n) is 2.71. The van der Waals surface area contributed by atoms with E-state index in [0.29, 0.717) is 6.54 Å². The molecule has 0 fully saturated rings. The fourth-order valence-electron chi connectivity index (χ4n) is 1.65. The minimum Gasteiger partial charge on any atom is -0.508 e. The molecule has 6 heteroatoms. The van der Waals surface area contributed by atoms with Crippen molar-refractivity contribution in [3.8, 4) is 5.75 Å². The van der Waals surface area contributed by atoms with Gasteiger partial charge in [-0.25, -0.2) is 0 Å². The van der Waals surface area contributed by atoms with Gasteiger partial charge in [0.05, 0.1) is 16.3 Å². The van der Waals surface area contributed by atoms with E-state index < -0.39 is 11.7 Å². The maximum Gasteiger partial charge on any atom is 0.416 e. The number of alkyl halides is 3. The summed E-state index contributed by atoms with van der Waals surface area (Å²) in [5, 5.41) is 12.2. The summed E-state index contributed by atoms with van der Waals surface area (Å²) in [5.74, 6) is 0.130. The quantitative estimate of drug-likeness (QED) is 0.863. The molecule has 0 aromatic heterocycles. The second-order valence-electron chi connectivity index (χ2n) is 4.21. The molecule has 106 valence electrons. The van der Waals surface area contributed by atoms with E-state index in [1.165, 1.54) is 18.2 Å². The average Bonchev–Trinajstić information content (AvgIpc) is 2.38. The van der Waals surface area contributed by atoms with Gasteiger partial charge in [0.15, 0.2) is 0 Å². The molecule has 2 aromatic carbocycles. The lowest BCUT2D eigenvalue weighted by atomic mass is 10.1. The summed E-state index contributed by atoms with van der Waals surface area (Å²) in [5.41, 5.74) is 0.279. The number of halogens is 4. The molecule has 0 radical (unpaired) electrons. The van der Waals surface area contributed by atoms with Crippen molar-refractivity contribution in [2.45, 2.75) is 12.7 Å². The highest BCUT2D eigenvalue weighted by Crippen LogP contribution is 2.33. The van der Waals surface area contributed by atoms with E-state index in [-0.39, 0.29) is 16.5 Å². The van der Waals surface area contributed by atoms with E-state index in [1.807, 2.05) is 0 Å². The molecule has 0 saturated carbocycles. The van der Waals surface area contributed by atoms with Crippen LogP contribution in [0.3, 0.4) is 0 Å². The minimum absolute atomic E-state index is 0.130. The zero-order chi connectivity index (χ0) is 14.8. The molecule has 2 nitrogen and oxygen atoms in total. The molecule has 0 spiro atoms. The van der Waals surface area contributed by atoms with Gasteiger partial charge in [0, 0.05) is 6.54 Å². The third-order valence-corrected chi connectivity index (χ3v) is 3.04. The largest absolute Gasteiger partial charge is 0.508 e. The Labute approximate surface area is 118 Å². The van der Waals surface area contributed by atoms with E-state index >= 15 is 0 Å². The van der Waals surface area contributed by atoms with Crippen LogP contribution < -0.4 is 5.32 Å². The molecule has 0 amide bonds. The first-order chi connectivity index (χ1) is 9.36. The van der Waals surface area contributed by atoms with Gasteiger partial charge < -0.3 is 10.4 Å². The van der Waals surface area contributed by atoms with Gasteiger partial charge in [-0.15, -0.1) is 0 Å². The second-order valence-corrected chi connectivity index (χ2v) is 4.62. The molecule has 2 rings (SSSR count). The van der Waals surface area contributed by atoms with Crippen molar-refractivity contribution in [3.05, 3.63) is 58.6 Å². The van der Waals surface area contributed by atoms with Gasteiger partial charge in [-0.1, -0.05) is 23.7 Å². The monoisotopic (exact) mass is 301 g/mol. The fourth-order valence-corrected chi connectivity index (χ4v) is 1.83. The van der Waals surface area contributed by atoms with Crippen LogP contribution in [0.2, 0.25) is 5.02 Å². The Hall–Kier alpha value is -1.88. The molecular weight excluding hydrogens is 291 g/mol. The Balaban J connectivity index is 2.14. The van der Waals surface area contributed by atoms with Gasteiger partial charge in [-0.05, 0) is 35.9 Å². The number of phenolic OH excluding ortho intramolecular Hbond substituents is 1. The Morgan fingerprint density at radius 2 is 1.70 bits per heavy atom. The van der Waals surface area contributed by atoms with Crippen molar-refractivity contribution in [1.82, 2.24) is 0 Å². The van der Waals surface area contributed by atoms with Crippen LogP contribution in [0, 0.1) is 0 Å². The first-order valence-corrected chi connectivity index (χ1v) is 6.12. The number of anilines is 1. The predicted octanol–water partition coefficient (Wildman–Crippen LogP) is 4.68. The fraction of sp³-hybridized carbons (Fsp3) is 0.143. The first-order valence-electron chi connectivity index (χ1n) is 5.75. The van der Waals surface area contributed by atoms with Gasteiger partial charge in [0.2, 0.25) is 0 Å². The SMILES string of the molecule is Oc1ccc(CNc2cc(C(F)(F)F)ccc2Cl)cc1. The highest BCUT2D eigenvalue weighted by atomic mass is 35.5. The average molecular weight is 302 g/mol. The van der Waals surface area contributed by atoms with Crippen molar-refractivity contribution in [2.24, 2.45) is 0 Å². The number of hydrogen-bond acceptors (Lipinski definition) is 2. The van der Waals surface area contributed by atoms with E-state index in [1.54, 1.807) is 12.1 Å². The normalized spacial score (nSPS) is 11.4. The molecular formula is C14H11ClF3NO. The second kappa shape index (κ2) is 5.63. The summed E-state index contributed by atoms with van der Waals surface area (Å²) in [6.45, 7) is 0.307. The molecule has 0 heterocycles. The van der Waals surface area contributed by atoms with Crippen LogP contribution in [0.5, 0.6) is 5.75 Å².